The van der Waals surface area contributed by atoms with Gasteiger partial charge in [-0.15, -0.1) is 0 Å². The zero-order valence-electron chi connectivity index (χ0n) is 9.40. The second-order valence-electron chi connectivity index (χ2n) is 4.98. The third-order valence-electron chi connectivity index (χ3n) is 2.42. The number of fused-ring (bicyclic) bond motifs is 2. The molecule has 2 aliphatic heterocycles. The summed E-state index contributed by atoms with van der Waals surface area (Å²) < 4.78 is 5.26. The van der Waals surface area contributed by atoms with Gasteiger partial charge in [-0.2, -0.15) is 5.06 Å². The number of ether oxygens (including phenoxy) is 1. The van der Waals surface area contributed by atoms with Crippen molar-refractivity contribution >= 4 is 6.09 Å². The molecule has 3 rings (SSSR count). The second kappa shape index (κ2) is 3.52. The van der Waals surface area contributed by atoms with Gasteiger partial charge in [-0.1, -0.05) is 12.2 Å². The summed E-state index contributed by atoms with van der Waals surface area (Å²) in [6, 6.07) is 0.0462. The van der Waals surface area contributed by atoms with Crippen LogP contribution in [0.5, 0.6) is 0 Å². The number of amides is 1. The van der Waals surface area contributed by atoms with E-state index in [4.69, 9.17) is 9.57 Å². The molecule has 4 nitrogen and oxygen atoms in total. The predicted octanol–water partition coefficient (Wildman–Crippen LogP) is 2.26. The largest absolute Gasteiger partial charge is 0.442 e. The number of carbonyl (C=O) groups excluding carboxylic acids is 1. The van der Waals surface area contributed by atoms with Gasteiger partial charge in [0, 0.05) is 0 Å². The van der Waals surface area contributed by atoms with Crippen LogP contribution in [0.15, 0.2) is 12.2 Å². The van der Waals surface area contributed by atoms with E-state index in [2.05, 4.69) is 0 Å². The highest BCUT2D eigenvalue weighted by atomic mass is 16.7. The van der Waals surface area contributed by atoms with E-state index in [9.17, 15) is 4.79 Å². The van der Waals surface area contributed by atoms with Crippen molar-refractivity contribution in [3.8, 4) is 0 Å². The van der Waals surface area contributed by atoms with Gasteiger partial charge < -0.3 is 4.74 Å². The Bertz CT molecular complexity index is 293. The summed E-state index contributed by atoms with van der Waals surface area (Å²) in [4.78, 5) is 17.2. The molecule has 1 aliphatic carbocycles. The van der Waals surface area contributed by atoms with Crippen molar-refractivity contribution in [2.75, 3.05) is 0 Å². The van der Waals surface area contributed by atoms with Gasteiger partial charge in [-0.25, -0.2) is 4.79 Å². The van der Waals surface area contributed by atoms with Crippen molar-refractivity contribution in [1.82, 2.24) is 5.06 Å². The van der Waals surface area contributed by atoms with E-state index < -0.39 is 5.60 Å². The fourth-order valence-electron chi connectivity index (χ4n) is 1.77. The first-order valence-corrected chi connectivity index (χ1v) is 5.33. The van der Waals surface area contributed by atoms with Gasteiger partial charge in [-0.3, -0.25) is 4.84 Å². The molecule has 2 heterocycles. The van der Waals surface area contributed by atoms with E-state index in [1.54, 1.807) is 0 Å². The Morgan fingerprint density at radius 1 is 1.40 bits per heavy atom. The summed E-state index contributed by atoms with van der Waals surface area (Å²) in [7, 11) is 0. The van der Waals surface area contributed by atoms with Crippen molar-refractivity contribution in [3.63, 3.8) is 0 Å². The van der Waals surface area contributed by atoms with E-state index >= 15 is 0 Å². The van der Waals surface area contributed by atoms with Gasteiger partial charge in [-0.05, 0) is 33.6 Å². The van der Waals surface area contributed by atoms with Gasteiger partial charge >= 0.3 is 6.09 Å². The molecule has 2 atom stereocenters. The summed E-state index contributed by atoms with van der Waals surface area (Å²) in [5.41, 5.74) is -0.471. The first-order valence-electron chi connectivity index (χ1n) is 5.33. The number of rotatable bonds is 0. The monoisotopic (exact) mass is 211 g/mol. The highest BCUT2D eigenvalue weighted by Gasteiger charge is 2.36. The van der Waals surface area contributed by atoms with Gasteiger partial charge in [0.25, 0.3) is 0 Å². The lowest BCUT2D eigenvalue weighted by Crippen LogP contribution is -2.50. The molecule has 3 aliphatic rings. The van der Waals surface area contributed by atoms with Crippen LogP contribution in [-0.2, 0) is 9.57 Å². The maximum atomic E-state index is 11.7. The zero-order chi connectivity index (χ0) is 11.1. The smallest absolute Gasteiger partial charge is 0.435 e. The molecule has 84 valence electrons. The van der Waals surface area contributed by atoms with Gasteiger partial charge in [0.15, 0.2) is 0 Å². The Balaban J connectivity index is 2.01. The van der Waals surface area contributed by atoms with Gasteiger partial charge in [0.1, 0.15) is 11.7 Å². The molecular formula is C11H17NO3. The third kappa shape index (κ3) is 2.31. The third-order valence-corrected chi connectivity index (χ3v) is 2.42. The van der Waals surface area contributed by atoms with Crippen molar-refractivity contribution < 1.29 is 14.4 Å². The Kier molecular flexibility index (Phi) is 2.46. The van der Waals surface area contributed by atoms with Crippen LogP contribution in [0.25, 0.3) is 0 Å². The minimum Gasteiger partial charge on any atom is -0.442 e. The SMILES string of the molecule is CC(C)(C)OC(=O)N1O[C@H]2C=C[C@H]1CC2. The molecule has 0 saturated carbocycles. The van der Waals surface area contributed by atoms with Crippen LogP contribution in [0.4, 0.5) is 4.79 Å². The lowest BCUT2D eigenvalue weighted by Gasteiger charge is -2.40. The number of hydroxylamine groups is 2. The molecule has 15 heavy (non-hydrogen) atoms. The highest BCUT2D eigenvalue weighted by Crippen LogP contribution is 2.28. The molecule has 1 saturated heterocycles. The maximum absolute atomic E-state index is 11.7. The summed E-state index contributed by atoms with van der Waals surface area (Å²) in [5, 5.41) is 1.36. The Hall–Kier alpha value is -1.03. The summed E-state index contributed by atoms with van der Waals surface area (Å²) in [6.45, 7) is 5.55. The average molecular weight is 211 g/mol. The van der Waals surface area contributed by atoms with E-state index in [1.807, 2.05) is 32.9 Å². The lowest BCUT2D eigenvalue weighted by atomic mass is 9.99. The molecule has 1 amide bonds. The summed E-state index contributed by atoms with van der Waals surface area (Å²) in [6.07, 6.45) is 5.63. The highest BCUT2D eigenvalue weighted by molar-refractivity contribution is 5.68. The van der Waals surface area contributed by atoms with E-state index in [-0.39, 0.29) is 18.2 Å². The lowest BCUT2D eigenvalue weighted by molar-refractivity contribution is -0.214. The van der Waals surface area contributed by atoms with Crippen LogP contribution in [0.2, 0.25) is 0 Å². The molecular weight excluding hydrogens is 194 g/mol. The van der Waals surface area contributed by atoms with Crippen LogP contribution < -0.4 is 0 Å². The molecule has 0 aromatic rings. The Labute approximate surface area is 89.8 Å². The fourth-order valence-corrected chi connectivity index (χ4v) is 1.77. The molecule has 1 fully saturated rings. The van der Waals surface area contributed by atoms with Crippen molar-refractivity contribution in [2.24, 2.45) is 0 Å². The van der Waals surface area contributed by atoms with Gasteiger partial charge in [0.05, 0.1) is 6.04 Å². The summed E-state index contributed by atoms with van der Waals surface area (Å²) >= 11 is 0. The molecule has 0 spiro atoms. The first-order chi connectivity index (χ1) is 6.96. The standard InChI is InChI=1S/C11H17NO3/c1-11(2,3)14-10(13)12-8-4-6-9(15-12)7-5-8/h4,6,8-9H,5,7H2,1-3H3/t8-,9-/m0/s1. The number of hydrogen-bond acceptors (Lipinski definition) is 3. The second-order valence-corrected chi connectivity index (χ2v) is 4.98. The van der Waals surface area contributed by atoms with Crippen LogP contribution in [0.1, 0.15) is 33.6 Å². The maximum Gasteiger partial charge on any atom is 0.435 e. The predicted molar refractivity (Wildman–Crippen MR) is 55.1 cm³/mol. The van der Waals surface area contributed by atoms with Crippen LogP contribution in [0, 0.1) is 0 Å². The molecule has 0 radical (unpaired) electrons. The minimum atomic E-state index is -0.471. The van der Waals surface area contributed by atoms with E-state index in [1.165, 1.54) is 5.06 Å². The first kappa shape index (κ1) is 10.5. The van der Waals surface area contributed by atoms with E-state index in [0.717, 1.165) is 12.8 Å². The topological polar surface area (TPSA) is 38.8 Å². The van der Waals surface area contributed by atoms with E-state index in [0.29, 0.717) is 0 Å². The molecule has 2 bridgehead atoms. The number of nitrogens with zero attached hydrogens (tertiary/aromatic N) is 1. The molecule has 4 heteroatoms. The van der Waals surface area contributed by atoms with Crippen LogP contribution >= 0.6 is 0 Å². The van der Waals surface area contributed by atoms with Crippen molar-refractivity contribution in [3.05, 3.63) is 12.2 Å². The number of carbonyl (C=O) groups is 1. The quantitative estimate of drug-likeness (QED) is 0.577. The normalized spacial score (nSPS) is 29.4. The molecule has 0 aromatic carbocycles. The number of hydrogen-bond donors (Lipinski definition) is 0. The average Bonchev–Trinajstić information content (AvgIpc) is 2.17. The summed E-state index contributed by atoms with van der Waals surface area (Å²) in [5.74, 6) is 0. The fraction of sp³-hybridized carbons (Fsp3) is 0.727. The van der Waals surface area contributed by atoms with Crippen LogP contribution in [0.3, 0.4) is 0 Å². The van der Waals surface area contributed by atoms with Crippen molar-refractivity contribution in [2.45, 2.75) is 51.4 Å². The Morgan fingerprint density at radius 3 is 2.53 bits per heavy atom. The minimum absolute atomic E-state index is 0.0440. The molecule has 0 N–H and O–H groups in total. The molecule has 0 aromatic heterocycles. The zero-order valence-corrected chi connectivity index (χ0v) is 9.40. The molecule has 0 unspecified atom stereocenters. The Morgan fingerprint density at radius 2 is 2.13 bits per heavy atom. The van der Waals surface area contributed by atoms with Crippen LogP contribution in [-0.4, -0.2) is 28.9 Å². The van der Waals surface area contributed by atoms with Crippen molar-refractivity contribution in [1.29, 1.82) is 0 Å². The van der Waals surface area contributed by atoms with Gasteiger partial charge in [0.2, 0.25) is 0 Å².